The fraction of sp³-hybridized carbons (Fsp3) is 0.304. The van der Waals surface area contributed by atoms with Crippen molar-refractivity contribution >= 4 is 40.8 Å². The van der Waals surface area contributed by atoms with E-state index in [0.29, 0.717) is 29.1 Å². The van der Waals surface area contributed by atoms with Crippen LogP contribution in [0.5, 0.6) is 0 Å². The van der Waals surface area contributed by atoms with E-state index in [-0.39, 0.29) is 24.8 Å². The second kappa shape index (κ2) is 10.2. The molecule has 2 aromatic carbocycles. The number of carbonyl (C=O) groups excluding carboxylic acids is 3. The van der Waals surface area contributed by atoms with Gasteiger partial charge in [-0.05, 0) is 56.2 Å². The molecule has 0 unspecified atom stereocenters. The summed E-state index contributed by atoms with van der Waals surface area (Å²) in [7, 11) is 0. The van der Waals surface area contributed by atoms with Crippen LogP contribution in [0.2, 0.25) is 5.02 Å². The maximum atomic E-state index is 12.8. The normalized spacial score (nSPS) is 14.2. The number of hydrogen-bond acceptors (Lipinski definition) is 5. The number of rotatable bonds is 8. The first-order chi connectivity index (χ1) is 14.9. The monoisotopic (exact) mass is 441 g/mol. The van der Waals surface area contributed by atoms with Crippen LogP contribution in [0.15, 0.2) is 53.6 Å². The Morgan fingerprint density at radius 3 is 2.52 bits per heavy atom. The lowest BCUT2D eigenvalue weighted by atomic mass is 10.0. The van der Waals surface area contributed by atoms with Crippen molar-refractivity contribution in [1.82, 2.24) is 5.32 Å². The molecule has 0 saturated heterocycles. The molecule has 0 aliphatic carbocycles. The van der Waals surface area contributed by atoms with E-state index in [9.17, 15) is 14.4 Å². The number of halogens is 1. The summed E-state index contributed by atoms with van der Waals surface area (Å²) >= 11 is 6.25. The molecule has 1 aliphatic heterocycles. The fourth-order valence-corrected chi connectivity index (χ4v) is 3.52. The smallest absolute Gasteiger partial charge is 0.307 e. The highest BCUT2D eigenvalue weighted by Gasteiger charge is 2.23. The van der Waals surface area contributed by atoms with Gasteiger partial charge in [-0.3, -0.25) is 14.4 Å². The van der Waals surface area contributed by atoms with Crippen LogP contribution >= 0.6 is 11.6 Å². The van der Waals surface area contributed by atoms with Gasteiger partial charge in [-0.15, -0.1) is 0 Å². The maximum absolute atomic E-state index is 12.8. The van der Waals surface area contributed by atoms with Gasteiger partial charge in [0, 0.05) is 22.3 Å². The average molecular weight is 442 g/mol. The first-order valence-electron chi connectivity index (χ1n) is 10.0. The Hall–Kier alpha value is -3.19. The van der Waals surface area contributed by atoms with E-state index in [2.05, 4.69) is 10.4 Å². The van der Waals surface area contributed by atoms with E-state index >= 15 is 0 Å². The Balaban J connectivity index is 1.72. The van der Waals surface area contributed by atoms with Crippen molar-refractivity contribution in [1.29, 1.82) is 0 Å². The maximum Gasteiger partial charge on any atom is 0.307 e. The Labute approximate surface area is 186 Å². The number of hydrazone groups is 1. The van der Waals surface area contributed by atoms with Crippen molar-refractivity contribution in [2.45, 2.75) is 39.2 Å². The van der Waals surface area contributed by atoms with Gasteiger partial charge in [0.05, 0.1) is 25.1 Å². The molecule has 0 bridgehead atoms. The lowest BCUT2D eigenvalue weighted by Crippen LogP contribution is -2.38. The molecule has 0 radical (unpaired) electrons. The van der Waals surface area contributed by atoms with E-state index in [1.165, 1.54) is 5.01 Å². The van der Waals surface area contributed by atoms with Crippen LogP contribution in [-0.4, -0.2) is 36.1 Å². The number of ether oxygens (including phenoxy) is 1. The van der Waals surface area contributed by atoms with Crippen LogP contribution in [0.4, 0.5) is 5.69 Å². The third-order valence-electron chi connectivity index (χ3n) is 4.77. The zero-order chi connectivity index (χ0) is 22.4. The first-order valence-corrected chi connectivity index (χ1v) is 10.4. The predicted molar refractivity (Wildman–Crippen MR) is 119 cm³/mol. The molecule has 0 fully saturated rings. The third kappa shape index (κ3) is 5.92. The highest BCUT2D eigenvalue weighted by molar-refractivity contribution is 6.31. The van der Waals surface area contributed by atoms with Crippen LogP contribution in [0.25, 0.3) is 0 Å². The number of nitrogens with one attached hydrogen (secondary N) is 1. The van der Waals surface area contributed by atoms with E-state index in [0.717, 1.165) is 11.3 Å². The van der Waals surface area contributed by atoms with Gasteiger partial charge in [0.2, 0.25) is 0 Å². The Kier molecular flexibility index (Phi) is 7.41. The number of amides is 2. The number of anilines is 1. The average Bonchev–Trinajstić information content (AvgIpc) is 3.08. The summed E-state index contributed by atoms with van der Waals surface area (Å²) < 4.78 is 5.05. The Morgan fingerprint density at radius 2 is 1.90 bits per heavy atom. The second-order valence-electron chi connectivity index (χ2n) is 7.24. The van der Waals surface area contributed by atoms with Crippen molar-refractivity contribution in [3.63, 3.8) is 0 Å². The minimum atomic E-state index is -0.487. The number of carbonyl (C=O) groups is 3. The molecule has 1 N–H and O–H groups in total. The molecule has 1 atom stereocenters. The van der Waals surface area contributed by atoms with Gasteiger partial charge in [0.15, 0.2) is 0 Å². The largest absolute Gasteiger partial charge is 0.466 e. The molecule has 0 saturated carbocycles. The molecule has 0 spiro atoms. The van der Waals surface area contributed by atoms with Crippen molar-refractivity contribution in [2.24, 2.45) is 5.10 Å². The zero-order valence-electron chi connectivity index (χ0n) is 17.4. The van der Waals surface area contributed by atoms with Crippen molar-refractivity contribution in [3.8, 4) is 0 Å². The SMILES string of the molecule is CCOC(=O)C[C@@H](Cc1ccccc1Cl)NC(=O)c1ccc(N2N=C(C)CC2=O)cc1. The molecule has 1 heterocycles. The second-order valence-corrected chi connectivity index (χ2v) is 7.65. The Bertz CT molecular complexity index is 1000. The summed E-state index contributed by atoms with van der Waals surface area (Å²) in [6.07, 6.45) is 0.706. The van der Waals surface area contributed by atoms with Crippen molar-refractivity contribution < 1.29 is 19.1 Å². The summed E-state index contributed by atoms with van der Waals surface area (Å²) in [5.41, 5.74) is 2.57. The van der Waals surface area contributed by atoms with Gasteiger partial charge in [0.25, 0.3) is 11.8 Å². The topological polar surface area (TPSA) is 88.1 Å². The molecule has 0 aromatic heterocycles. The highest BCUT2D eigenvalue weighted by Crippen LogP contribution is 2.22. The van der Waals surface area contributed by atoms with Crippen LogP contribution in [0.3, 0.4) is 0 Å². The van der Waals surface area contributed by atoms with Crippen LogP contribution in [0, 0.1) is 0 Å². The van der Waals surface area contributed by atoms with E-state index in [4.69, 9.17) is 16.3 Å². The molecular weight excluding hydrogens is 418 g/mol. The third-order valence-corrected chi connectivity index (χ3v) is 5.13. The number of hydrogen-bond donors (Lipinski definition) is 1. The van der Waals surface area contributed by atoms with Gasteiger partial charge in [-0.1, -0.05) is 29.8 Å². The van der Waals surface area contributed by atoms with Crippen LogP contribution < -0.4 is 10.3 Å². The van der Waals surface area contributed by atoms with E-state index < -0.39 is 12.0 Å². The molecule has 31 heavy (non-hydrogen) atoms. The molecule has 3 rings (SSSR count). The zero-order valence-corrected chi connectivity index (χ0v) is 18.2. The summed E-state index contributed by atoms with van der Waals surface area (Å²) in [6.45, 7) is 3.80. The number of esters is 1. The Morgan fingerprint density at radius 1 is 1.19 bits per heavy atom. The molecule has 7 nitrogen and oxygen atoms in total. The molecule has 2 amide bonds. The molecule has 1 aliphatic rings. The molecule has 162 valence electrons. The van der Waals surface area contributed by atoms with Gasteiger partial charge in [0.1, 0.15) is 0 Å². The predicted octanol–water partition coefficient (Wildman–Crippen LogP) is 3.75. The fourth-order valence-electron chi connectivity index (χ4n) is 3.30. The van der Waals surface area contributed by atoms with E-state index in [1.807, 2.05) is 18.2 Å². The first kappa shape index (κ1) is 22.5. The van der Waals surface area contributed by atoms with Crippen LogP contribution in [0.1, 0.15) is 42.6 Å². The summed E-state index contributed by atoms with van der Waals surface area (Å²) in [5.74, 6) is -0.833. The van der Waals surface area contributed by atoms with Crippen molar-refractivity contribution in [2.75, 3.05) is 11.6 Å². The number of nitrogens with zero attached hydrogens (tertiary/aromatic N) is 2. The molecular formula is C23H24ClN3O4. The van der Waals surface area contributed by atoms with Crippen molar-refractivity contribution in [3.05, 3.63) is 64.7 Å². The van der Waals surface area contributed by atoms with Gasteiger partial charge < -0.3 is 10.1 Å². The standard InChI is InChI=1S/C23H24ClN3O4/c1-3-31-22(29)14-18(13-17-6-4-5-7-20(17)24)25-23(30)16-8-10-19(11-9-16)27-21(28)12-15(2)26-27/h4-11,18H,3,12-14H2,1-2H3,(H,25,30)/t18-/m1/s1. The minimum absolute atomic E-state index is 0.0269. The van der Waals surface area contributed by atoms with Gasteiger partial charge >= 0.3 is 5.97 Å². The summed E-state index contributed by atoms with van der Waals surface area (Å²) in [4.78, 5) is 36.8. The van der Waals surface area contributed by atoms with Gasteiger partial charge in [-0.25, -0.2) is 5.01 Å². The van der Waals surface area contributed by atoms with Crippen LogP contribution in [-0.2, 0) is 20.7 Å². The summed E-state index contributed by atoms with van der Waals surface area (Å²) in [6, 6.07) is 13.4. The van der Waals surface area contributed by atoms with E-state index in [1.54, 1.807) is 44.2 Å². The minimum Gasteiger partial charge on any atom is -0.466 e. The highest BCUT2D eigenvalue weighted by atomic mass is 35.5. The molecule has 8 heteroatoms. The van der Waals surface area contributed by atoms with Gasteiger partial charge in [-0.2, -0.15) is 5.10 Å². The lowest BCUT2D eigenvalue weighted by Gasteiger charge is -2.19. The lowest BCUT2D eigenvalue weighted by molar-refractivity contribution is -0.143. The molecule has 2 aromatic rings. The number of benzene rings is 2. The summed E-state index contributed by atoms with van der Waals surface area (Å²) in [5, 5.41) is 9.00. The quantitative estimate of drug-likeness (QED) is 0.632.